The molecule has 1 atom stereocenters. The number of aliphatic hydroxyl groups excluding tert-OH is 1. The summed E-state index contributed by atoms with van der Waals surface area (Å²) in [5, 5.41) is 20.3. The van der Waals surface area contributed by atoms with E-state index >= 15 is 0 Å². The van der Waals surface area contributed by atoms with Crippen molar-refractivity contribution in [2.24, 2.45) is 5.92 Å². The Balaban J connectivity index is 2.55. The van der Waals surface area contributed by atoms with Crippen LogP contribution in [-0.4, -0.2) is 40.0 Å². The molecule has 0 bridgehead atoms. The van der Waals surface area contributed by atoms with Crippen LogP contribution in [-0.2, 0) is 9.59 Å². The van der Waals surface area contributed by atoms with Gasteiger partial charge in [0.1, 0.15) is 0 Å². The van der Waals surface area contributed by atoms with Crippen LogP contribution in [0.4, 0.5) is 0 Å². The largest absolute Gasteiger partial charge is 0.504 e. The van der Waals surface area contributed by atoms with Gasteiger partial charge in [0.25, 0.3) is 5.91 Å². The topological polar surface area (TPSA) is 87.1 Å². The first-order valence-corrected chi connectivity index (χ1v) is 9.07. The van der Waals surface area contributed by atoms with E-state index in [0.29, 0.717) is 18.7 Å². The molecule has 1 aromatic carbocycles. The maximum atomic E-state index is 12.7. The fraction of sp³-hybridized carbons (Fsp3) is 0.500. The molecule has 1 aliphatic heterocycles. The summed E-state index contributed by atoms with van der Waals surface area (Å²) in [6.07, 6.45) is 1.64. The number of carbonyl (C=O) groups excluding carboxylic acids is 2. The molecule has 1 unspecified atom stereocenters. The van der Waals surface area contributed by atoms with Crippen LogP contribution in [0.15, 0.2) is 29.5 Å². The Morgan fingerprint density at radius 1 is 1.27 bits per heavy atom. The highest BCUT2D eigenvalue weighted by Crippen LogP contribution is 2.41. The van der Waals surface area contributed by atoms with Crippen LogP contribution in [0.1, 0.15) is 52.1 Å². The summed E-state index contributed by atoms with van der Waals surface area (Å²) < 4.78 is 5.43. The summed E-state index contributed by atoms with van der Waals surface area (Å²) in [6.45, 7) is 8.10. The second-order valence-corrected chi connectivity index (χ2v) is 6.70. The number of nitrogens with zero attached hydrogens (tertiary/aromatic N) is 1. The molecule has 1 aromatic rings. The molecule has 2 N–H and O–H groups in total. The first-order chi connectivity index (χ1) is 12.3. The van der Waals surface area contributed by atoms with E-state index in [4.69, 9.17) is 4.74 Å². The third-order valence-electron chi connectivity index (χ3n) is 4.45. The zero-order valence-electron chi connectivity index (χ0n) is 15.8. The van der Waals surface area contributed by atoms with Gasteiger partial charge in [0, 0.05) is 12.5 Å². The second kappa shape index (κ2) is 8.25. The highest BCUT2D eigenvalue weighted by molar-refractivity contribution is 6.09. The van der Waals surface area contributed by atoms with Crippen molar-refractivity contribution < 1.29 is 24.5 Å². The summed E-state index contributed by atoms with van der Waals surface area (Å²) in [7, 11) is 0. The lowest BCUT2D eigenvalue weighted by Crippen LogP contribution is -2.32. The van der Waals surface area contributed by atoms with Gasteiger partial charge in [-0.1, -0.05) is 33.3 Å². The SMILES string of the molecule is CCCCN1C(=O)C(O)=C(C(=O)C(C)C)C1c1ccc(O)c(OCC)c1. The highest BCUT2D eigenvalue weighted by atomic mass is 16.5. The zero-order chi connectivity index (χ0) is 19.4. The first kappa shape index (κ1) is 19.8. The molecule has 1 aliphatic rings. The second-order valence-electron chi connectivity index (χ2n) is 6.70. The van der Waals surface area contributed by atoms with Gasteiger partial charge in [0.2, 0.25) is 0 Å². The monoisotopic (exact) mass is 361 g/mol. The van der Waals surface area contributed by atoms with Gasteiger partial charge in [-0.25, -0.2) is 0 Å². The molecular weight excluding hydrogens is 334 g/mol. The molecule has 26 heavy (non-hydrogen) atoms. The average Bonchev–Trinajstić information content (AvgIpc) is 2.85. The average molecular weight is 361 g/mol. The lowest BCUT2D eigenvalue weighted by Gasteiger charge is -2.27. The third kappa shape index (κ3) is 3.69. The number of aromatic hydroxyl groups is 1. The van der Waals surface area contributed by atoms with Gasteiger partial charge in [-0.2, -0.15) is 0 Å². The number of Topliss-reactive ketones (excluding diaryl/α,β-unsaturated/α-hetero) is 1. The van der Waals surface area contributed by atoms with Crippen LogP contribution in [0.25, 0.3) is 0 Å². The number of rotatable bonds is 8. The fourth-order valence-corrected chi connectivity index (χ4v) is 3.09. The van der Waals surface area contributed by atoms with Gasteiger partial charge in [-0.15, -0.1) is 0 Å². The minimum Gasteiger partial charge on any atom is -0.504 e. The molecule has 0 radical (unpaired) electrons. The van der Waals surface area contributed by atoms with E-state index < -0.39 is 17.7 Å². The summed E-state index contributed by atoms with van der Waals surface area (Å²) in [4.78, 5) is 26.8. The Kier molecular flexibility index (Phi) is 6.29. The molecule has 0 aromatic heterocycles. The van der Waals surface area contributed by atoms with Crippen molar-refractivity contribution in [2.75, 3.05) is 13.2 Å². The lowest BCUT2D eigenvalue weighted by atomic mass is 9.91. The molecule has 142 valence electrons. The Morgan fingerprint density at radius 2 is 1.96 bits per heavy atom. The van der Waals surface area contributed by atoms with Crippen LogP contribution in [0.5, 0.6) is 11.5 Å². The number of ketones is 1. The molecule has 0 fully saturated rings. The van der Waals surface area contributed by atoms with E-state index in [9.17, 15) is 19.8 Å². The van der Waals surface area contributed by atoms with E-state index in [1.54, 1.807) is 32.9 Å². The molecule has 0 aliphatic carbocycles. The summed E-state index contributed by atoms with van der Waals surface area (Å²) in [5.41, 5.74) is 0.748. The Bertz CT molecular complexity index is 723. The number of benzene rings is 1. The molecule has 0 saturated heterocycles. The zero-order valence-corrected chi connectivity index (χ0v) is 15.8. The highest BCUT2D eigenvalue weighted by Gasteiger charge is 2.43. The molecule has 6 nitrogen and oxygen atoms in total. The predicted molar refractivity (Wildman–Crippen MR) is 98.1 cm³/mol. The lowest BCUT2D eigenvalue weighted by molar-refractivity contribution is -0.129. The van der Waals surface area contributed by atoms with E-state index in [1.165, 1.54) is 11.0 Å². The van der Waals surface area contributed by atoms with Crippen LogP contribution >= 0.6 is 0 Å². The number of hydrogen-bond acceptors (Lipinski definition) is 5. The van der Waals surface area contributed by atoms with Crippen molar-refractivity contribution in [1.82, 2.24) is 4.90 Å². The number of carbonyl (C=O) groups is 2. The van der Waals surface area contributed by atoms with Gasteiger partial charge >= 0.3 is 0 Å². The van der Waals surface area contributed by atoms with Crippen molar-refractivity contribution in [3.8, 4) is 11.5 Å². The van der Waals surface area contributed by atoms with Gasteiger partial charge in [-0.3, -0.25) is 9.59 Å². The number of amides is 1. The quantitative estimate of drug-likeness (QED) is 0.740. The minimum absolute atomic E-state index is 0.00929. The van der Waals surface area contributed by atoms with E-state index in [-0.39, 0.29) is 28.8 Å². The van der Waals surface area contributed by atoms with Crippen LogP contribution < -0.4 is 4.74 Å². The minimum atomic E-state index is -0.677. The summed E-state index contributed by atoms with van der Waals surface area (Å²) >= 11 is 0. The van der Waals surface area contributed by atoms with Crippen molar-refractivity contribution in [1.29, 1.82) is 0 Å². The van der Waals surface area contributed by atoms with Gasteiger partial charge in [-0.05, 0) is 31.0 Å². The van der Waals surface area contributed by atoms with Crippen LogP contribution in [0.2, 0.25) is 0 Å². The number of hydrogen-bond donors (Lipinski definition) is 2. The van der Waals surface area contributed by atoms with Gasteiger partial charge in [0.15, 0.2) is 23.0 Å². The standard InChI is InChI=1S/C20H27NO5/c1-5-7-10-21-17(13-8-9-14(22)15(11-13)26-6-2)16(18(23)12(3)4)19(24)20(21)25/h8-9,11-12,17,22,24H,5-7,10H2,1-4H3. The van der Waals surface area contributed by atoms with E-state index in [1.807, 2.05) is 6.92 Å². The van der Waals surface area contributed by atoms with Crippen molar-refractivity contribution in [3.63, 3.8) is 0 Å². The molecule has 0 saturated carbocycles. The molecule has 0 spiro atoms. The van der Waals surface area contributed by atoms with Gasteiger partial charge < -0.3 is 19.8 Å². The number of ether oxygens (including phenoxy) is 1. The number of phenolic OH excluding ortho intramolecular Hbond substituents is 1. The third-order valence-corrected chi connectivity index (χ3v) is 4.45. The Labute approximate surface area is 154 Å². The Morgan fingerprint density at radius 3 is 2.54 bits per heavy atom. The fourth-order valence-electron chi connectivity index (χ4n) is 3.09. The molecule has 1 heterocycles. The van der Waals surface area contributed by atoms with Crippen molar-refractivity contribution in [2.45, 2.75) is 46.6 Å². The van der Waals surface area contributed by atoms with Crippen molar-refractivity contribution in [3.05, 3.63) is 35.1 Å². The van der Waals surface area contributed by atoms with Gasteiger partial charge in [0.05, 0.1) is 18.2 Å². The summed E-state index contributed by atoms with van der Waals surface area (Å²) in [6, 6.07) is 4.09. The van der Waals surface area contributed by atoms with E-state index in [2.05, 4.69) is 0 Å². The number of phenols is 1. The number of unbranched alkanes of at least 4 members (excludes halogenated alkanes) is 1. The molecule has 6 heteroatoms. The number of aliphatic hydroxyl groups is 1. The van der Waals surface area contributed by atoms with Crippen LogP contribution in [0, 0.1) is 5.92 Å². The smallest absolute Gasteiger partial charge is 0.290 e. The summed E-state index contributed by atoms with van der Waals surface area (Å²) in [5.74, 6) is -1.34. The molecule has 1 amide bonds. The van der Waals surface area contributed by atoms with Crippen molar-refractivity contribution >= 4 is 11.7 Å². The maximum Gasteiger partial charge on any atom is 0.290 e. The first-order valence-electron chi connectivity index (χ1n) is 9.07. The maximum absolute atomic E-state index is 12.7. The molecule has 2 rings (SSSR count). The van der Waals surface area contributed by atoms with E-state index in [0.717, 1.165) is 12.8 Å². The Hall–Kier alpha value is -2.50. The normalized spacial score (nSPS) is 17.3. The molecular formula is C20H27NO5. The van der Waals surface area contributed by atoms with Crippen LogP contribution in [0.3, 0.4) is 0 Å². The predicted octanol–water partition coefficient (Wildman–Crippen LogP) is 3.51.